The van der Waals surface area contributed by atoms with E-state index in [0.717, 1.165) is 18.5 Å². The molecule has 2 aromatic carbocycles. The van der Waals surface area contributed by atoms with Crippen molar-refractivity contribution >= 4 is 0 Å². The van der Waals surface area contributed by atoms with Crippen LogP contribution in [-0.4, -0.2) is 13.6 Å². The summed E-state index contributed by atoms with van der Waals surface area (Å²) in [4.78, 5) is 0. The standard InChI is InChI=1S/C19H20FN.H2/c1-21-12-11-18(15-5-4-6-16(20)13-15)19-8-3-2-7-17(19)14-9-10-14;/h2-10,13-14,18,21H,11-12H2,1H3;1H. The van der Waals surface area contributed by atoms with Crippen molar-refractivity contribution in [1.82, 2.24) is 5.32 Å². The van der Waals surface area contributed by atoms with E-state index in [0.29, 0.717) is 5.92 Å². The van der Waals surface area contributed by atoms with Crippen LogP contribution in [0.2, 0.25) is 0 Å². The Balaban J connectivity index is 0.00000176. The lowest BCUT2D eigenvalue weighted by Crippen LogP contribution is -2.14. The largest absolute Gasteiger partial charge is 0.320 e. The number of halogens is 1. The third-order valence-corrected chi connectivity index (χ3v) is 4.05. The summed E-state index contributed by atoms with van der Waals surface area (Å²) in [5.41, 5.74) is 3.72. The number of benzene rings is 2. The van der Waals surface area contributed by atoms with Crippen molar-refractivity contribution in [3.63, 3.8) is 0 Å². The van der Waals surface area contributed by atoms with Crippen molar-refractivity contribution in [3.8, 4) is 0 Å². The van der Waals surface area contributed by atoms with Crippen molar-refractivity contribution in [2.75, 3.05) is 13.6 Å². The van der Waals surface area contributed by atoms with Gasteiger partial charge in [0.05, 0.1) is 0 Å². The van der Waals surface area contributed by atoms with Gasteiger partial charge in [-0.15, -0.1) is 0 Å². The monoisotopic (exact) mass is 283 g/mol. The van der Waals surface area contributed by atoms with E-state index in [4.69, 9.17) is 0 Å². The highest BCUT2D eigenvalue weighted by molar-refractivity contribution is 5.47. The van der Waals surface area contributed by atoms with Crippen molar-refractivity contribution in [1.29, 1.82) is 0 Å². The molecule has 110 valence electrons. The van der Waals surface area contributed by atoms with E-state index in [1.54, 1.807) is 12.1 Å². The molecular weight excluding hydrogens is 261 g/mol. The van der Waals surface area contributed by atoms with Gasteiger partial charge in [0.25, 0.3) is 0 Å². The van der Waals surface area contributed by atoms with Gasteiger partial charge in [-0.1, -0.05) is 48.6 Å². The smallest absolute Gasteiger partial charge is 0.123 e. The maximum atomic E-state index is 13.6. The summed E-state index contributed by atoms with van der Waals surface area (Å²) in [6.45, 7) is 0.910. The summed E-state index contributed by atoms with van der Waals surface area (Å²) in [5, 5.41) is 3.21. The Morgan fingerprint density at radius 3 is 2.67 bits per heavy atom. The topological polar surface area (TPSA) is 12.0 Å². The van der Waals surface area contributed by atoms with E-state index < -0.39 is 0 Å². The zero-order chi connectivity index (χ0) is 14.7. The average Bonchev–Trinajstić information content (AvgIpc) is 3.33. The van der Waals surface area contributed by atoms with Crippen LogP contribution in [0.3, 0.4) is 0 Å². The Kier molecular flexibility index (Phi) is 4.16. The summed E-state index contributed by atoms with van der Waals surface area (Å²) in [6, 6.07) is 15.5. The minimum Gasteiger partial charge on any atom is -0.320 e. The summed E-state index contributed by atoms with van der Waals surface area (Å²) < 4.78 is 13.6. The first-order valence-corrected chi connectivity index (χ1v) is 7.47. The molecule has 0 radical (unpaired) electrons. The first kappa shape index (κ1) is 14.0. The summed E-state index contributed by atoms with van der Waals surface area (Å²) >= 11 is 0. The maximum Gasteiger partial charge on any atom is 0.123 e. The van der Waals surface area contributed by atoms with Gasteiger partial charge in [-0.3, -0.25) is 0 Å². The number of hydrogen-bond donors (Lipinski definition) is 1. The van der Waals surface area contributed by atoms with Crippen LogP contribution in [0.1, 0.15) is 36.4 Å². The molecule has 1 aliphatic carbocycles. The van der Waals surface area contributed by atoms with E-state index in [1.165, 1.54) is 17.2 Å². The van der Waals surface area contributed by atoms with Gasteiger partial charge >= 0.3 is 0 Å². The Morgan fingerprint density at radius 1 is 1.14 bits per heavy atom. The Bertz CT molecular complexity index is 647. The van der Waals surface area contributed by atoms with E-state index in [9.17, 15) is 4.39 Å². The van der Waals surface area contributed by atoms with Crippen LogP contribution in [0.15, 0.2) is 60.7 Å². The van der Waals surface area contributed by atoms with Gasteiger partial charge in [0, 0.05) is 13.3 Å². The van der Waals surface area contributed by atoms with Crippen LogP contribution in [0.4, 0.5) is 4.39 Å². The maximum absolute atomic E-state index is 13.6. The molecule has 2 heteroatoms. The molecule has 0 spiro atoms. The molecule has 0 bridgehead atoms. The fourth-order valence-electron chi connectivity index (χ4n) is 2.91. The average molecular weight is 283 g/mol. The molecule has 0 saturated heterocycles. The molecule has 2 aromatic rings. The van der Waals surface area contributed by atoms with E-state index in [2.05, 4.69) is 41.7 Å². The molecule has 1 aliphatic rings. The summed E-state index contributed by atoms with van der Waals surface area (Å²) in [6.07, 6.45) is 5.38. The minimum absolute atomic E-state index is 0. The van der Waals surface area contributed by atoms with Crippen LogP contribution in [0.25, 0.3) is 0 Å². The lowest BCUT2D eigenvalue weighted by Gasteiger charge is -2.21. The van der Waals surface area contributed by atoms with Gasteiger partial charge in [0.15, 0.2) is 0 Å². The first-order chi connectivity index (χ1) is 10.3. The van der Waals surface area contributed by atoms with Crippen LogP contribution >= 0.6 is 0 Å². The Labute approximate surface area is 127 Å². The van der Waals surface area contributed by atoms with Gasteiger partial charge in [-0.2, -0.15) is 0 Å². The molecule has 0 heterocycles. The lowest BCUT2D eigenvalue weighted by atomic mass is 9.84. The predicted octanol–water partition coefficient (Wildman–Crippen LogP) is 4.47. The second kappa shape index (κ2) is 6.23. The fourth-order valence-corrected chi connectivity index (χ4v) is 2.91. The molecule has 1 atom stereocenters. The van der Waals surface area contributed by atoms with Gasteiger partial charge in [0.1, 0.15) is 5.82 Å². The summed E-state index contributed by atoms with van der Waals surface area (Å²) in [7, 11) is 1.96. The Morgan fingerprint density at radius 2 is 1.95 bits per heavy atom. The number of hydrogen-bond acceptors (Lipinski definition) is 1. The van der Waals surface area contributed by atoms with Crippen molar-refractivity contribution in [2.45, 2.75) is 18.3 Å². The predicted molar refractivity (Wildman–Crippen MR) is 87.2 cm³/mol. The third kappa shape index (κ3) is 3.22. The summed E-state index contributed by atoms with van der Waals surface area (Å²) in [5.74, 6) is 0.530. The molecule has 0 fully saturated rings. The third-order valence-electron chi connectivity index (χ3n) is 4.05. The van der Waals surface area contributed by atoms with Crippen LogP contribution in [-0.2, 0) is 0 Å². The zero-order valence-electron chi connectivity index (χ0n) is 12.2. The second-order valence-corrected chi connectivity index (χ2v) is 5.54. The molecule has 1 unspecified atom stereocenters. The molecule has 0 amide bonds. The highest BCUT2D eigenvalue weighted by atomic mass is 19.1. The number of nitrogens with one attached hydrogen (secondary N) is 1. The normalized spacial score (nSPS) is 15.1. The molecule has 0 saturated carbocycles. The first-order valence-electron chi connectivity index (χ1n) is 7.47. The minimum atomic E-state index is -0.163. The van der Waals surface area contributed by atoms with Crippen LogP contribution in [0.5, 0.6) is 0 Å². The van der Waals surface area contributed by atoms with E-state index in [-0.39, 0.29) is 13.2 Å². The fraction of sp³-hybridized carbons (Fsp3) is 0.263. The lowest BCUT2D eigenvalue weighted by molar-refractivity contribution is 0.615. The Hall–Kier alpha value is -1.93. The van der Waals surface area contributed by atoms with Gasteiger partial charge in [0.2, 0.25) is 0 Å². The number of allylic oxidation sites excluding steroid dienone is 2. The molecule has 1 N–H and O–H groups in total. The van der Waals surface area contributed by atoms with Crippen molar-refractivity contribution < 1.29 is 5.82 Å². The molecule has 0 aromatic heterocycles. The van der Waals surface area contributed by atoms with Gasteiger partial charge in [-0.25, -0.2) is 4.39 Å². The zero-order valence-corrected chi connectivity index (χ0v) is 12.2. The van der Waals surface area contributed by atoms with Gasteiger partial charge < -0.3 is 5.32 Å². The molecule has 1 nitrogen and oxygen atoms in total. The van der Waals surface area contributed by atoms with Crippen molar-refractivity contribution in [3.05, 3.63) is 83.2 Å². The van der Waals surface area contributed by atoms with E-state index >= 15 is 0 Å². The van der Waals surface area contributed by atoms with Crippen LogP contribution in [0, 0.1) is 5.82 Å². The van der Waals surface area contributed by atoms with Gasteiger partial charge in [-0.05, 0) is 48.8 Å². The molecule has 0 aliphatic heterocycles. The molecule has 3 rings (SSSR count). The highest BCUT2D eigenvalue weighted by Gasteiger charge is 2.23. The quantitative estimate of drug-likeness (QED) is 0.771. The van der Waals surface area contributed by atoms with E-state index in [1.807, 2.05) is 13.1 Å². The van der Waals surface area contributed by atoms with Crippen LogP contribution < -0.4 is 5.32 Å². The number of rotatable bonds is 6. The molecular formula is C19H22FN. The SMILES string of the molecule is CNCCC(c1cccc(F)c1)c1ccccc1C1C=C1.[HH]. The van der Waals surface area contributed by atoms with Crippen molar-refractivity contribution in [2.24, 2.45) is 0 Å². The second-order valence-electron chi connectivity index (χ2n) is 5.54. The highest BCUT2D eigenvalue weighted by Crippen LogP contribution is 2.38. The molecule has 21 heavy (non-hydrogen) atoms.